The Kier molecular flexibility index (Phi) is 20.0. The molecule has 0 rings (SSSR count). The summed E-state index contributed by atoms with van der Waals surface area (Å²) in [6, 6.07) is 0. The maximum atomic E-state index is 9.89. The Balaban J connectivity index is 3.20. The van der Waals surface area contributed by atoms with Crippen molar-refractivity contribution >= 4 is 0 Å². The molecule has 25 heavy (non-hydrogen) atoms. The van der Waals surface area contributed by atoms with Crippen LogP contribution in [0.1, 0.15) is 85.0 Å². The Morgan fingerprint density at radius 1 is 0.840 bits per heavy atom. The molecule has 4 heteroatoms. The third-order valence-electron chi connectivity index (χ3n) is 4.83. The summed E-state index contributed by atoms with van der Waals surface area (Å²) in [5.41, 5.74) is 0. The van der Waals surface area contributed by atoms with E-state index in [0.29, 0.717) is 13.2 Å². The number of unbranched alkanes of at least 4 members (excludes halogenated alkanes) is 9. The maximum absolute atomic E-state index is 9.89. The van der Waals surface area contributed by atoms with Crippen molar-refractivity contribution in [2.45, 2.75) is 91.1 Å². The fourth-order valence-electron chi connectivity index (χ4n) is 3.02. The highest BCUT2D eigenvalue weighted by atomic mass is 16.5. The van der Waals surface area contributed by atoms with Crippen LogP contribution in [0.2, 0.25) is 0 Å². The molecule has 0 aromatic carbocycles. The first-order chi connectivity index (χ1) is 12.2. The first-order valence-corrected chi connectivity index (χ1v) is 10.9. The molecule has 0 spiro atoms. The number of nitrogens with one attached hydrogen (secondary N) is 1. The Morgan fingerprint density at radius 3 is 1.96 bits per heavy atom. The number of hydrogen-bond donors (Lipinski definition) is 2. The lowest BCUT2D eigenvalue weighted by Crippen LogP contribution is -2.36. The van der Waals surface area contributed by atoms with Gasteiger partial charge < -0.3 is 20.1 Å². The molecule has 0 saturated carbocycles. The molecule has 1 unspecified atom stereocenters. The quantitative estimate of drug-likeness (QED) is 0.320. The van der Waals surface area contributed by atoms with Gasteiger partial charge in [-0.25, -0.2) is 0 Å². The second kappa shape index (κ2) is 20.2. The summed E-state index contributed by atoms with van der Waals surface area (Å²) >= 11 is 0. The Labute approximate surface area is 157 Å². The monoisotopic (exact) mass is 358 g/mol. The van der Waals surface area contributed by atoms with Gasteiger partial charge in [-0.3, -0.25) is 0 Å². The molecule has 0 radical (unpaired) electrons. The molecule has 0 aromatic rings. The number of hydrogen-bond acceptors (Lipinski definition) is 4. The summed E-state index contributed by atoms with van der Waals surface area (Å²) in [4.78, 5) is 2.38. The normalized spacial score (nSPS) is 12.8. The van der Waals surface area contributed by atoms with Crippen LogP contribution < -0.4 is 5.32 Å². The topological polar surface area (TPSA) is 44.7 Å². The van der Waals surface area contributed by atoms with Crippen LogP contribution >= 0.6 is 0 Å². The zero-order valence-corrected chi connectivity index (χ0v) is 17.4. The zero-order chi connectivity index (χ0) is 18.6. The molecule has 0 aliphatic carbocycles. The van der Waals surface area contributed by atoms with Crippen LogP contribution in [0.25, 0.3) is 0 Å². The van der Waals surface area contributed by atoms with Crippen molar-refractivity contribution in [3.63, 3.8) is 0 Å². The predicted octanol–water partition coefficient (Wildman–Crippen LogP) is 4.22. The van der Waals surface area contributed by atoms with Gasteiger partial charge in [0.2, 0.25) is 0 Å². The maximum Gasteiger partial charge on any atom is 0.0897 e. The summed E-state index contributed by atoms with van der Waals surface area (Å²) in [5, 5.41) is 13.2. The van der Waals surface area contributed by atoms with Crippen LogP contribution in [0.15, 0.2) is 0 Å². The van der Waals surface area contributed by atoms with Crippen LogP contribution in [-0.2, 0) is 4.74 Å². The molecule has 0 aliphatic heterocycles. The second-order valence-corrected chi connectivity index (χ2v) is 7.14. The van der Waals surface area contributed by atoms with Crippen LogP contribution in [-0.4, -0.2) is 62.0 Å². The predicted molar refractivity (Wildman–Crippen MR) is 109 cm³/mol. The Bertz CT molecular complexity index is 248. The average Bonchev–Trinajstić information content (AvgIpc) is 2.62. The summed E-state index contributed by atoms with van der Waals surface area (Å²) in [6.07, 6.45) is 13.0. The van der Waals surface area contributed by atoms with Crippen molar-refractivity contribution in [2.75, 3.05) is 45.9 Å². The largest absolute Gasteiger partial charge is 0.389 e. The van der Waals surface area contributed by atoms with E-state index in [1.165, 1.54) is 57.8 Å². The summed E-state index contributed by atoms with van der Waals surface area (Å²) in [6.45, 7) is 12.6. The number of aliphatic hydroxyl groups excluding tert-OH is 1. The number of rotatable bonds is 20. The highest BCUT2D eigenvalue weighted by molar-refractivity contribution is 4.61. The van der Waals surface area contributed by atoms with Gasteiger partial charge in [-0.1, -0.05) is 78.6 Å². The third kappa shape index (κ3) is 18.4. The van der Waals surface area contributed by atoms with E-state index in [1.807, 2.05) is 0 Å². The number of likely N-dealkylation sites (N-methyl/N-ethyl adjacent to an activating group) is 1. The van der Waals surface area contributed by atoms with Crippen molar-refractivity contribution in [1.29, 1.82) is 0 Å². The van der Waals surface area contributed by atoms with E-state index in [4.69, 9.17) is 4.74 Å². The van der Waals surface area contributed by atoms with Crippen LogP contribution in [0.3, 0.4) is 0 Å². The SMILES string of the molecule is CCCCCCCCCCCCOCC(O)CNCCN(CC)CC. The minimum absolute atomic E-state index is 0.389. The lowest BCUT2D eigenvalue weighted by Gasteiger charge is -2.19. The lowest BCUT2D eigenvalue weighted by molar-refractivity contribution is 0.0353. The van der Waals surface area contributed by atoms with Gasteiger partial charge in [-0.2, -0.15) is 0 Å². The Morgan fingerprint density at radius 2 is 1.40 bits per heavy atom. The average molecular weight is 359 g/mol. The van der Waals surface area contributed by atoms with Gasteiger partial charge in [-0.15, -0.1) is 0 Å². The van der Waals surface area contributed by atoms with E-state index in [1.54, 1.807) is 0 Å². The van der Waals surface area contributed by atoms with Gasteiger partial charge in [-0.05, 0) is 19.5 Å². The van der Waals surface area contributed by atoms with Gasteiger partial charge in [0.25, 0.3) is 0 Å². The van der Waals surface area contributed by atoms with Crippen LogP contribution in [0, 0.1) is 0 Å². The fraction of sp³-hybridized carbons (Fsp3) is 1.00. The van der Waals surface area contributed by atoms with E-state index in [0.717, 1.165) is 39.2 Å². The first kappa shape index (κ1) is 24.8. The van der Waals surface area contributed by atoms with Gasteiger partial charge in [0, 0.05) is 26.2 Å². The zero-order valence-electron chi connectivity index (χ0n) is 17.4. The molecule has 0 amide bonds. The van der Waals surface area contributed by atoms with Crippen LogP contribution in [0.4, 0.5) is 0 Å². The molecule has 4 nitrogen and oxygen atoms in total. The minimum atomic E-state index is -0.389. The highest BCUT2D eigenvalue weighted by Crippen LogP contribution is 2.10. The number of aliphatic hydroxyl groups is 1. The van der Waals surface area contributed by atoms with Crippen LogP contribution in [0.5, 0.6) is 0 Å². The van der Waals surface area contributed by atoms with Crippen molar-refractivity contribution in [1.82, 2.24) is 10.2 Å². The van der Waals surface area contributed by atoms with Gasteiger partial charge in [0.15, 0.2) is 0 Å². The number of ether oxygens (including phenoxy) is 1. The smallest absolute Gasteiger partial charge is 0.0897 e. The molecule has 0 aromatic heterocycles. The molecule has 0 fully saturated rings. The van der Waals surface area contributed by atoms with Crippen molar-refractivity contribution in [2.24, 2.45) is 0 Å². The standard InChI is InChI=1S/C21H46N2O2/c1-4-7-8-9-10-11-12-13-14-15-18-25-20-21(24)19-22-16-17-23(5-2)6-3/h21-22,24H,4-20H2,1-3H3. The Hall–Kier alpha value is -0.160. The molecular formula is C21H46N2O2. The van der Waals surface area contributed by atoms with E-state index in [9.17, 15) is 5.11 Å². The van der Waals surface area contributed by atoms with Crippen molar-refractivity contribution in [3.05, 3.63) is 0 Å². The van der Waals surface area contributed by atoms with Crippen molar-refractivity contribution in [3.8, 4) is 0 Å². The summed E-state index contributed by atoms with van der Waals surface area (Å²) in [7, 11) is 0. The molecule has 152 valence electrons. The van der Waals surface area contributed by atoms with Gasteiger partial charge >= 0.3 is 0 Å². The summed E-state index contributed by atoms with van der Waals surface area (Å²) in [5.74, 6) is 0. The molecule has 0 aliphatic rings. The molecule has 1 atom stereocenters. The van der Waals surface area contributed by atoms with E-state index >= 15 is 0 Å². The van der Waals surface area contributed by atoms with E-state index < -0.39 is 0 Å². The second-order valence-electron chi connectivity index (χ2n) is 7.14. The van der Waals surface area contributed by atoms with E-state index in [-0.39, 0.29) is 6.10 Å². The summed E-state index contributed by atoms with van der Waals surface area (Å²) < 4.78 is 5.59. The molecule has 0 saturated heterocycles. The third-order valence-corrected chi connectivity index (χ3v) is 4.83. The van der Waals surface area contributed by atoms with Crippen molar-refractivity contribution < 1.29 is 9.84 Å². The van der Waals surface area contributed by atoms with Gasteiger partial charge in [0.1, 0.15) is 0 Å². The van der Waals surface area contributed by atoms with E-state index in [2.05, 4.69) is 31.0 Å². The van der Waals surface area contributed by atoms with Gasteiger partial charge in [0.05, 0.1) is 12.7 Å². The molecule has 0 bridgehead atoms. The lowest BCUT2D eigenvalue weighted by atomic mass is 10.1. The first-order valence-electron chi connectivity index (χ1n) is 10.9. The molecule has 0 heterocycles. The molecular weight excluding hydrogens is 312 g/mol. The molecule has 2 N–H and O–H groups in total. The fourth-order valence-corrected chi connectivity index (χ4v) is 3.02. The minimum Gasteiger partial charge on any atom is -0.389 e. The number of nitrogens with zero attached hydrogens (tertiary/aromatic N) is 1. The highest BCUT2D eigenvalue weighted by Gasteiger charge is 2.04.